The van der Waals surface area contributed by atoms with Gasteiger partial charge in [-0.25, -0.2) is 0 Å². The highest BCUT2D eigenvalue weighted by molar-refractivity contribution is 6.39. The number of carbonyl (C=O) groups excluding carboxylic acids is 1. The van der Waals surface area contributed by atoms with Crippen LogP contribution in [0.25, 0.3) is 0 Å². The third-order valence-electron chi connectivity index (χ3n) is 4.24. The van der Waals surface area contributed by atoms with E-state index in [0.29, 0.717) is 27.6 Å². The van der Waals surface area contributed by atoms with E-state index >= 15 is 0 Å². The Morgan fingerprint density at radius 3 is 2.44 bits per heavy atom. The molecule has 0 aliphatic heterocycles. The van der Waals surface area contributed by atoms with Crippen LogP contribution in [0.5, 0.6) is 0 Å². The molecule has 0 spiro atoms. The molecule has 2 saturated carbocycles. The molecule has 1 amide bonds. The van der Waals surface area contributed by atoms with Crippen LogP contribution in [0.2, 0.25) is 10.0 Å². The highest BCUT2D eigenvalue weighted by Crippen LogP contribution is 2.44. The van der Waals surface area contributed by atoms with Gasteiger partial charge < -0.3 is 5.32 Å². The van der Waals surface area contributed by atoms with Crippen molar-refractivity contribution in [3.8, 4) is 0 Å². The average Bonchev–Trinajstić information content (AvgIpc) is 2.90. The molecule has 96 valence electrons. The molecule has 0 heterocycles. The van der Waals surface area contributed by atoms with Gasteiger partial charge in [0.25, 0.3) is 5.91 Å². The lowest BCUT2D eigenvalue weighted by molar-refractivity contribution is 0.0923. The van der Waals surface area contributed by atoms with Crippen molar-refractivity contribution >= 4 is 29.1 Å². The first-order valence-electron chi connectivity index (χ1n) is 6.40. The van der Waals surface area contributed by atoms with Gasteiger partial charge in [0.2, 0.25) is 0 Å². The fourth-order valence-electron chi connectivity index (χ4n) is 3.38. The van der Waals surface area contributed by atoms with Crippen molar-refractivity contribution in [2.75, 3.05) is 0 Å². The van der Waals surface area contributed by atoms with Crippen LogP contribution in [-0.4, -0.2) is 11.9 Å². The monoisotopic (exact) mass is 283 g/mol. The maximum absolute atomic E-state index is 12.2. The fourth-order valence-corrected chi connectivity index (χ4v) is 3.95. The van der Waals surface area contributed by atoms with Gasteiger partial charge in [0, 0.05) is 6.04 Å². The van der Waals surface area contributed by atoms with Gasteiger partial charge in [-0.05, 0) is 43.2 Å². The predicted molar refractivity (Wildman–Crippen MR) is 73.2 cm³/mol. The van der Waals surface area contributed by atoms with E-state index < -0.39 is 0 Å². The number of halogens is 2. The Balaban J connectivity index is 1.75. The predicted octanol–water partition coefficient (Wildman–Crippen LogP) is 3.91. The molecule has 1 aromatic rings. The van der Waals surface area contributed by atoms with Crippen LogP contribution >= 0.6 is 23.2 Å². The summed E-state index contributed by atoms with van der Waals surface area (Å²) in [5, 5.41) is 3.94. The van der Waals surface area contributed by atoms with Gasteiger partial charge in [0.15, 0.2) is 0 Å². The van der Waals surface area contributed by atoms with E-state index in [2.05, 4.69) is 5.32 Å². The number of benzene rings is 1. The minimum absolute atomic E-state index is 0.136. The molecule has 0 radical (unpaired) electrons. The first-order chi connectivity index (χ1) is 8.65. The van der Waals surface area contributed by atoms with Crippen LogP contribution in [0.1, 0.15) is 36.0 Å². The second-order valence-corrected chi connectivity index (χ2v) is 6.17. The van der Waals surface area contributed by atoms with Crippen molar-refractivity contribution in [1.29, 1.82) is 0 Å². The summed E-state index contributed by atoms with van der Waals surface area (Å²) in [6.45, 7) is 0. The summed E-state index contributed by atoms with van der Waals surface area (Å²) in [7, 11) is 0. The van der Waals surface area contributed by atoms with Crippen molar-refractivity contribution in [1.82, 2.24) is 5.32 Å². The molecule has 1 aromatic carbocycles. The highest BCUT2D eigenvalue weighted by atomic mass is 35.5. The zero-order chi connectivity index (χ0) is 12.7. The summed E-state index contributed by atoms with van der Waals surface area (Å²) in [6, 6.07) is 5.45. The molecule has 1 N–H and O–H groups in total. The van der Waals surface area contributed by atoms with E-state index in [0.717, 1.165) is 12.3 Å². The molecule has 3 atom stereocenters. The van der Waals surface area contributed by atoms with E-state index in [1.165, 1.54) is 19.3 Å². The van der Waals surface area contributed by atoms with Crippen molar-refractivity contribution in [2.24, 2.45) is 11.8 Å². The van der Waals surface area contributed by atoms with Crippen molar-refractivity contribution in [3.63, 3.8) is 0 Å². The Morgan fingerprint density at radius 2 is 1.89 bits per heavy atom. The molecule has 4 heteroatoms. The molecule has 0 aromatic heterocycles. The van der Waals surface area contributed by atoms with Gasteiger partial charge in [0.05, 0.1) is 15.6 Å². The van der Waals surface area contributed by atoms with Gasteiger partial charge in [-0.1, -0.05) is 35.7 Å². The molecule has 2 fully saturated rings. The molecule has 2 bridgehead atoms. The molecule has 2 aliphatic rings. The molecule has 2 nitrogen and oxygen atoms in total. The minimum Gasteiger partial charge on any atom is -0.349 e. The normalized spacial score (nSPS) is 29.6. The summed E-state index contributed by atoms with van der Waals surface area (Å²) in [4.78, 5) is 12.2. The second-order valence-electron chi connectivity index (χ2n) is 5.35. The lowest BCUT2D eigenvalue weighted by Crippen LogP contribution is -2.38. The number of hydrogen-bond donors (Lipinski definition) is 1. The topological polar surface area (TPSA) is 29.1 Å². The molecule has 0 unspecified atom stereocenters. The third-order valence-corrected chi connectivity index (χ3v) is 4.87. The zero-order valence-electron chi connectivity index (χ0n) is 9.96. The Hall–Kier alpha value is -0.730. The van der Waals surface area contributed by atoms with Gasteiger partial charge in [-0.2, -0.15) is 0 Å². The van der Waals surface area contributed by atoms with E-state index in [1.54, 1.807) is 18.2 Å². The largest absolute Gasteiger partial charge is 0.349 e. The fraction of sp³-hybridized carbons (Fsp3) is 0.500. The first kappa shape index (κ1) is 12.3. The summed E-state index contributed by atoms with van der Waals surface area (Å²) in [5.74, 6) is 1.32. The van der Waals surface area contributed by atoms with Crippen LogP contribution in [0.3, 0.4) is 0 Å². The highest BCUT2D eigenvalue weighted by Gasteiger charge is 2.40. The van der Waals surface area contributed by atoms with Gasteiger partial charge in [-0.3, -0.25) is 4.79 Å². The molecular formula is C14H15Cl2NO. The summed E-state index contributed by atoms with van der Waals surface area (Å²) in [6.07, 6.45) is 4.94. The van der Waals surface area contributed by atoms with Gasteiger partial charge in [0.1, 0.15) is 0 Å². The van der Waals surface area contributed by atoms with Crippen molar-refractivity contribution in [2.45, 2.75) is 31.7 Å². The number of hydrogen-bond acceptors (Lipinski definition) is 1. The number of rotatable bonds is 2. The minimum atomic E-state index is -0.136. The lowest BCUT2D eigenvalue weighted by Gasteiger charge is -2.23. The van der Waals surface area contributed by atoms with Crippen molar-refractivity contribution in [3.05, 3.63) is 33.8 Å². The quantitative estimate of drug-likeness (QED) is 0.876. The van der Waals surface area contributed by atoms with Crippen molar-refractivity contribution < 1.29 is 4.79 Å². The number of carbonyl (C=O) groups is 1. The van der Waals surface area contributed by atoms with E-state index in [1.807, 2.05) is 0 Å². The Bertz CT molecular complexity index is 468. The van der Waals surface area contributed by atoms with Crippen LogP contribution in [0.4, 0.5) is 0 Å². The molecule has 0 saturated heterocycles. The summed E-state index contributed by atoms with van der Waals surface area (Å²) >= 11 is 12.1. The maximum atomic E-state index is 12.2. The molecule has 2 aliphatic carbocycles. The van der Waals surface area contributed by atoms with Gasteiger partial charge >= 0.3 is 0 Å². The number of fused-ring (bicyclic) bond motifs is 2. The van der Waals surface area contributed by atoms with E-state index in [4.69, 9.17) is 23.2 Å². The smallest absolute Gasteiger partial charge is 0.254 e. The Kier molecular flexibility index (Phi) is 3.25. The van der Waals surface area contributed by atoms with Crippen LogP contribution in [0, 0.1) is 11.8 Å². The number of nitrogens with one attached hydrogen (secondary N) is 1. The maximum Gasteiger partial charge on any atom is 0.254 e. The summed E-state index contributed by atoms with van der Waals surface area (Å²) < 4.78 is 0. The molecular weight excluding hydrogens is 269 g/mol. The first-order valence-corrected chi connectivity index (χ1v) is 7.15. The standard InChI is InChI=1S/C14H15Cl2NO/c15-10-2-1-3-11(16)13(10)14(18)17-12-7-8-4-5-9(12)6-8/h1-3,8-9,12H,4-7H2,(H,17,18)/t8-,9-,12-/m1/s1. The van der Waals surface area contributed by atoms with Crippen LogP contribution in [0.15, 0.2) is 18.2 Å². The van der Waals surface area contributed by atoms with E-state index in [-0.39, 0.29) is 5.91 Å². The molecule has 3 rings (SSSR count). The Labute approximate surface area is 117 Å². The van der Waals surface area contributed by atoms with Crippen LogP contribution < -0.4 is 5.32 Å². The van der Waals surface area contributed by atoms with Crippen LogP contribution in [-0.2, 0) is 0 Å². The third kappa shape index (κ3) is 2.12. The number of amides is 1. The summed E-state index contributed by atoms with van der Waals surface area (Å²) in [5.41, 5.74) is 0.406. The van der Waals surface area contributed by atoms with Gasteiger partial charge in [-0.15, -0.1) is 0 Å². The lowest BCUT2D eigenvalue weighted by atomic mass is 9.95. The molecule has 18 heavy (non-hydrogen) atoms. The average molecular weight is 284 g/mol. The zero-order valence-corrected chi connectivity index (χ0v) is 11.5. The second kappa shape index (κ2) is 4.75. The SMILES string of the molecule is O=C(N[C@@H]1C[C@@H]2CC[C@@H]1C2)c1c(Cl)cccc1Cl. The Morgan fingerprint density at radius 1 is 1.17 bits per heavy atom. The van der Waals surface area contributed by atoms with E-state index in [9.17, 15) is 4.79 Å².